The number of rotatable bonds is 6. The maximum Gasteiger partial charge on any atom is 0.351 e. The fourth-order valence-corrected chi connectivity index (χ4v) is 3.47. The molecule has 1 fully saturated rings. The van der Waals surface area contributed by atoms with E-state index < -0.39 is 5.97 Å². The Morgan fingerprint density at radius 2 is 2.16 bits per heavy atom. The molecule has 1 aromatic heterocycles. The summed E-state index contributed by atoms with van der Waals surface area (Å²) in [6, 6.07) is 9.45. The van der Waals surface area contributed by atoms with Crippen LogP contribution >= 0.6 is 11.3 Å². The molecule has 7 heteroatoms. The molecule has 1 N–H and O–H groups in total. The van der Waals surface area contributed by atoms with Crippen molar-refractivity contribution in [1.29, 1.82) is 0 Å². The molecule has 1 saturated heterocycles. The lowest BCUT2D eigenvalue weighted by molar-refractivity contribution is -0.124. The summed E-state index contributed by atoms with van der Waals surface area (Å²) < 4.78 is 10.6. The average molecular weight is 360 g/mol. The summed E-state index contributed by atoms with van der Waals surface area (Å²) in [7, 11) is 0. The molecule has 2 aromatic rings. The molecular weight excluding hydrogens is 340 g/mol. The lowest BCUT2D eigenvalue weighted by Crippen LogP contribution is -2.34. The molecule has 1 atom stereocenters. The molecule has 1 aromatic carbocycles. The fourth-order valence-electron chi connectivity index (χ4n) is 2.64. The van der Waals surface area contributed by atoms with Crippen molar-refractivity contribution in [2.75, 3.05) is 19.8 Å². The predicted molar refractivity (Wildman–Crippen MR) is 94.6 cm³/mol. The molecule has 3 rings (SSSR count). The Labute approximate surface area is 150 Å². The van der Waals surface area contributed by atoms with E-state index in [1.54, 1.807) is 0 Å². The molecule has 1 aliphatic rings. The lowest BCUT2D eigenvalue weighted by atomic mass is 10.1. The third kappa shape index (κ3) is 4.64. The summed E-state index contributed by atoms with van der Waals surface area (Å²) in [5.74, 6) is -0.858. The molecule has 2 heterocycles. The van der Waals surface area contributed by atoms with Crippen LogP contribution in [0.25, 0.3) is 11.3 Å². The van der Waals surface area contributed by atoms with Crippen LogP contribution in [0.1, 0.15) is 27.5 Å². The van der Waals surface area contributed by atoms with Crippen molar-refractivity contribution >= 4 is 23.2 Å². The van der Waals surface area contributed by atoms with E-state index in [1.807, 2.05) is 37.3 Å². The number of hydrogen-bond donors (Lipinski definition) is 1. The molecule has 0 saturated carbocycles. The van der Waals surface area contributed by atoms with Crippen LogP contribution < -0.4 is 5.32 Å². The Morgan fingerprint density at radius 3 is 2.88 bits per heavy atom. The molecule has 0 aliphatic carbocycles. The summed E-state index contributed by atoms with van der Waals surface area (Å²) >= 11 is 1.27. The van der Waals surface area contributed by atoms with Gasteiger partial charge >= 0.3 is 5.97 Å². The van der Waals surface area contributed by atoms with Crippen LogP contribution in [-0.2, 0) is 14.3 Å². The number of esters is 1. The van der Waals surface area contributed by atoms with Gasteiger partial charge in [0.05, 0.1) is 16.8 Å². The number of carbonyl (C=O) groups is 2. The first-order valence-corrected chi connectivity index (χ1v) is 9.03. The van der Waals surface area contributed by atoms with Gasteiger partial charge in [-0.25, -0.2) is 9.78 Å². The molecule has 1 aliphatic heterocycles. The second kappa shape index (κ2) is 8.22. The predicted octanol–water partition coefficient (Wildman–Crippen LogP) is 2.57. The minimum Gasteiger partial charge on any atom is -0.451 e. The van der Waals surface area contributed by atoms with E-state index in [2.05, 4.69) is 10.3 Å². The smallest absolute Gasteiger partial charge is 0.351 e. The topological polar surface area (TPSA) is 77.5 Å². The van der Waals surface area contributed by atoms with Crippen LogP contribution in [0.4, 0.5) is 0 Å². The van der Waals surface area contributed by atoms with Gasteiger partial charge in [0.25, 0.3) is 5.91 Å². The van der Waals surface area contributed by atoms with Gasteiger partial charge in [-0.3, -0.25) is 4.79 Å². The molecule has 132 valence electrons. The van der Waals surface area contributed by atoms with Gasteiger partial charge in [0.2, 0.25) is 0 Å². The molecule has 0 radical (unpaired) electrons. The minimum atomic E-state index is -0.531. The average Bonchev–Trinajstić information content (AvgIpc) is 3.28. The van der Waals surface area contributed by atoms with Crippen molar-refractivity contribution in [2.24, 2.45) is 0 Å². The minimum absolute atomic E-state index is 0.0634. The SMILES string of the molecule is Cc1nc(-c2ccccc2)c(C(=O)OCC(=O)NCC2CCCO2)s1. The molecule has 1 amide bonds. The normalized spacial score (nSPS) is 16.6. The Bertz CT molecular complexity index is 739. The van der Waals surface area contributed by atoms with Crippen LogP contribution in [-0.4, -0.2) is 42.7 Å². The van der Waals surface area contributed by atoms with E-state index >= 15 is 0 Å². The number of ether oxygens (including phenoxy) is 2. The number of aromatic nitrogens is 1. The molecular formula is C18H20N2O4S. The first-order chi connectivity index (χ1) is 12.1. The highest BCUT2D eigenvalue weighted by molar-refractivity contribution is 7.14. The zero-order valence-corrected chi connectivity index (χ0v) is 14.8. The fraction of sp³-hybridized carbons (Fsp3) is 0.389. The highest BCUT2D eigenvalue weighted by atomic mass is 32.1. The first kappa shape index (κ1) is 17.6. The quantitative estimate of drug-likeness (QED) is 0.801. The van der Waals surface area contributed by atoms with E-state index in [9.17, 15) is 9.59 Å². The molecule has 25 heavy (non-hydrogen) atoms. The van der Waals surface area contributed by atoms with Gasteiger partial charge in [-0.15, -0.1) is 11.3 Å². The maximum atomic E-state index is 12.4. The van der Waals surface area contributed by atoms with Crippen LogP contribution in [0.3, 0.4) is 0 Å². The number of nitrogens with one attached hydrogen (secondary N) is 1. The van der Waals surface area contributed by atoms with Crippen molar-refractivity contribution in [3.05, 3.63) is 40.2 Å². The number of hydrogen-bond acceptors (Lipinski definition) is 6. The largest absolute Gasteiger partial charge is 0.451 e. The van der Waals surface area contributed by atoms with Gasteiger partial charge in [-0.05, 0) is 19.8 Å². The van der Waals surface area contributed by atoms with Gasteiger partial charge in [-0.2, -0.15) is 0 Å². The lowest BCUT2D eigenvalue weighted by Gasteiger charge is -2.10. The Balaban J connectivity index is 1.57. The number of nitrogens with zero attached hydrogens (tertiary/aromatic N) is 1. The van der Waals surface area contributed by atoms with Crippen molar-refractivity contribution in [3.63, 3.8) is 0 Å². The standard InChI is InChI=1S/C18H20N2O4S/c1-12-20-16(13-6-3-2-4-7-13)17(25-12)18(22)24-11-15(21)19-10-14-8-5-9-23-14/h2-4,6-7,14H,5,8-11H2,1H3,(H,19,21). The summed E-state index contributed by atoms with van der Waals surface area (Å²) in [5, 5.41) is 3.50. The summed E-state index contributed by atoms with van der Waals surface area (Å²) in [6.45, 7) is 2.72. The Hall–Kier alpha value is -2.25. The van der Waals surface area contributed by atoms with Crippen molar-refractivity contribution < 1.29 is 19.1 Å². The second-order valence-electron chi connectivity index (χ2n) is 5.79. The second-order valence-corrected chi connectivity index (χ2v) is 7.00. The molecule has 0 spiro atoms. The van der Waals surface area contributed by atoms with E-state index in [0.717, 1.165) is 30.0 Å². The number of carbonyl (C=O) groups excluding carboxylic acids is 2. The Kier molecular flexibility index (Phi) is 5.78. The van der Waals surface area contributed by atoms with Gasteiger partial charge in [0.15, 0.2) is 6.61 Å². The van der Waals surface area contributed by atoms with Crippen molar-refractivity contribution in [3.8, 4) is 11.3 Å². The molecule has 1 unspecified atom stereocenters. The first-order valence-electron chi connectivity index (χ1n) is 8.22. The van der Waals surface area contributed by atoms with Crippen LogP contribution in [0.15, 0.2) is 30.3 Å². The van der Waals surface area contributed by atoms with E-state index in [-0.39, 0.29) is 18.6 Å². The van der Waals surface area contributed by atoms with Gasteiger partial charge < -0.3 is 14.8 Å². The third-order valence-corrected chi connectivity index (χ3v) is 4.80. The van der Waals surface area contributed by atoms with E-state index in [1.165, 1.54) is 11.3 Å². The van der Waals surface area contributed by atoms with E-state index in [0.29, 0.717) is 17.1 Å². The Morgan fingerprint density at radius 1 is 1.36 bits per heavy atom. The summed E-state index contributed by atoms with van der Waals surface area (Å²) in [6.07, 6.45) is 2.02. The van der Waals surface area contributed by atoms with Crippen molar-refractivity contribution in [2.45, 2.75) is 25.9 Å². The van der Waals surface area contributed by atoms with Crippen LogP contribution in [0.5, 0.6) is 0 Å². The number of benzene rings is 1. The number of aryl methyl sites for hydroxylation is 1. The van der Waals surface area contributed by atoms with Gasteiger partial charge in [0.1, 0.15) is 4.88 Å². The van der Waals surface area contributed by atoms with E-state index in [4.69, 9.17) is 9.47 Å². The van der Waals surface area contributed by atoms with Gasteiger partial charge in [-0.1, -0.05) is 30.3 Å². The summed E-state index contributed by atoms with van der Waals surface area (Å²) in [4.78, 5) is 29.0. The van der Waals surface area contributed by atoms with Crippen LogP contribution in [0.2, 0.25) is 0 Å². The summed E-state index contributed by atoms with van der Waals surface area (Å²) in [5.41, 5.74) is 1.44. The van der Waals surface area contributed by atoms with Crippen LogP contribution in [0, 0.1) is 6.92 Å². The highest BCUT2D eigenvalue weighted by Crippen LogP contribution is 2.28. The zero-order chi connectivity index (χ0) is 17.6. The number of thiazole rings is 1. The van der Waals surface area contributed by atoms with Gasteiger partial charge in [0, 0.05) is 18.7 Å². The maximum absolute atomic E-state index is 12.4. The zero-order valence-electron chi connectivity index (χ0n) is 14.0. The van der Waals surface area contributed by atoms with Crippen molar-refractivity contribution in [1.82, 2.24) is 10.3 Å². The third-order valence-electron chi connectivity index (χ3n) is 3.85. The highest BCUT2D eigenvalue weighted by Gasteiger charge is 2.21. The monoisotopic (exact) mass is 360 g/mol. The molecule has 6 nitrogen and oxygen atoms in total. The molecule has 0 bridgehead atoms. The number of amides is 1.